The van der Waals surface area contributed by atoms with E-state index in [-0.39, 0.29) is 6.42 Å². The molecule has 1 N–H and O–H groups in total. The molecule has 30 heavy (non-hydrogen) atoms. The average Bonchev–Trinajstić information content (AvgIpc) is 2.78. The molecular weight excluding hydrogens is 372 g/mol. The zero-order chi connectivity index (χ0) is 20.8. The first-order chi connectivity index (χ1) is 14.7. The van der Waals surface area contributed by atoms with Crippen molar-refractivity contribution in [1.82, 2.24) is 0 Å². The van der Waals surface area contributed by atoms with Crippen molar-refractivity contribution >= 4 is 5.97 Å². The van der Waals surface area contributed by atoms with E-state index >= 15 is 0 Å². The van der Waals surface area contributed by atoms with Crippen LogP contribution in [0, 0.1) is 0 Å². The molecule has 0 bridgehead atoms. The SMILES string of the molecule is O=C(O)CCCc1ccc(OCc2ccccc2-c2ccc3c(c2)CCCC3)cc1. The molecule has 1 aliphatic rings. The van der Waals surface area contributed by atoms with Crippen molar-refractivity contribution in [2.75, 3.05) is 0 Å². The van der Waals surface area contributed by atoms with E-state index in [4.69, 9.17) is 9.84 Å². The van der Waals surface area contributed by atoms with Crippen LogP contribution in [0.4, 0.5) is 0 Å². The van der Waals surface area contributed by atoms with E-state index in [1.807, 2.05) is 24.3 Å². The fraction of sp³-hybridized carbons (Fsp3) is 0.296. The maximum atomic E-state index is 10.6. The molecule has 0 atom stereocenters. The molecule has 0 spiro atoms. The van der Waals surface area contributed by atoms with Crippen molar-refractivity contribution < 1.29 is 14.6 Å². The van der Waals surface area contributed by atoms with Crippen LogP contribution >= 0.6 is 0 Å². The predicted molar refractivity (Wildman–Crippen MR) is 120 cm³/mol. The number of benzene rings is 3. The highest BCUT2D eigenvalue weighted by atomic mass is 16.5. The number of hydrogen-bond acceptors (Lipinski definition) is 2. The lowest BCUT2D eigenvalue weighted by Gasteiger charge is -2.18. The molecule has 0 heterocycles. The molecule has 3 nitrogen and oxygen atoms in total. The Balaban J connectivity index is 1.43. The molecule has 0 unspecified atom stereocenters. The summed E-state index contributed by atoms with van der Waals surface area (Å²) >= 11 is 0. The number of aliphatic carboxylic acids is 1. The summed E-state index contributed by atoms with van der Waals surface area (Å²) in [7, 11) is 0. The van der Waals surface area contributed by atoms with Gasteiger partial charge in [-0.05, 0) is 84.0 Å². The highest BCUT2D eigenvalue weighted by molar-refractivity contribution is 5.69. The summed E-state index contributed by atoms with van der Waals surface area (Å²) in [6, 6.07) is 23.3. The van der Waals surface area contributed by atoms with E-state index in [2.05, 4.69) is 42.5 Å². The second kappa shape index (κ2) is 9.62. The van der Waals surface area contributed by atoms with Gasteiger partial charge in [-0.3, -0.25) is 4.79 Å². The number of carbonyl (C=O) groups is 1. The summed E-state index contributed by atoms with van der Waals surface area (Å²) < 4.78 is 6.07. The van der Waals surface area contributed by atoms with Crippen molar-refractivity contribution in [2.45, 2.75) is 51.6 Å². The molecule has 0 amide bonds. The fourth-order valence-corrected chi connectivity index (χ4v) is 4.19. The van der Waals surface area contributed by atoms with Gasteiger partial charge in [0.1, 0.15) is 12.4 Å². The number of hydrogen-bond donors (Lipinski definition) is 1. The molecule has 0 aromatic heterocycles. The van der Waals surface area contributed by atoms with Gasteiger partial charge in [0.25, 0.3) is 0 Å². The van der Waals surface area contributed by atoms with Crippen molar-refractivity contribution in [1.29, 1.82) is 0 Å². The first-order valence-corrected chi connectivity index (χ1v) is 10.8. The van der Waals surface area contributed by atoms with E-state index in [0.29, 0.717) is 13.0 Å². The maximum absolute atomic E-state index is 10.6. The van der Waals surface area contributed by atoms with Gasteiger partial charge in [0.2, 0.25) is 0 Å². The van der Waals surface area contributed by atoms with E-state index in [1.165, 1.54) is 53.5 Å². The third-order valence-electron chi connectivity index (χ3n) is 5.85. The number of fused-ring (bicyclic) bond motifs is 1. The Morgan fingerprint density at radius 3 is 2.47 bits per heavy atom. The van der Waals surface area contributed by atoms with Gasteiger partial charge < -0.3 is 9.84 Å². The van der Waals surface area contributed by atoms with Crippen molar-refractivity contribution in [3.63, 3.8) is 0 Å². The summed E-state index contributed by atoms with van der Waals surface area (Å²) in [5, 5.41) is 8.76. The Labute approximate surface area is 178 Å². The fourth-order valence-electron chi connectivity index (χ4n) is 4.19. The first-order valence-electron chi connectivity index (χ1n) is 10.8. The molecular formula is C27H28O3. The lowest BCUT2D eigenvalue weighted by Crippen LogP contribution is -2.03. The van der Waals surface area contributed by atoms with Gasteiger partial charge >= 0.3 is 5.97 Å². The molecule has 0 saturated carbocycles. The normalized spacial score (nSPS) is 12.9. The molecule has 3 heteroatoms. The molecule has 3 aromatic carbocycles. The van der Waals surface area contributed by atoms with E-state index in [9.17, 15) is 4.79 Å². The quantitative estimate of drug-likeness (QED) is 0.488. The lowest BCUT2D eigenvalue weighted by molar-refractivity contribution is -0.137. The Morgan fingerprint density at radius 1 is 0.900 bits per heavy atom. The summed E-state index contributed by atoms with van der Waals surface area (Å²) in [6.45, 7) is 0.519. The third-order valence-corrected chi connectivity index (χ3v) is 5.85. The van der Waals surface area contributed by atoms with Crippen LogP contribution in [-0.4, -0.2) is 11.1 Å². The van der Waals surface area contributed by atoms with Crippen molar-refractivity contribution in [3.05, 3.63) is 89.0 Å². The average molecular weight is 401 g/mol. The Kier molecular flexibility index (Phi) is 6.48. The van der Waals surface area contributed by atoms with Gasteiger partial charge in [-0.1, -0.05) is 54.6 Å². The van der Waals surface area contributed by atoms with Crippen LogP contribution in [0.2, 0.25) is 0 Å². The van der Waals surface area contributed by atoms with Gasteiger partial charge in [0.15, 0.2) is 0 Å². The molecule has 3 aromatic rings. The van der Waals surface area contributed by atoms with Gasteiger partial charge in [-0.25, -0.2) is 0 Å². The van der Waals surface area contributed by atoms with Crippen LogP contribution in [0.25, 0.3) is 11.1 Å². The molecule has 0 fully saturated rings. The number of rotatable bonds is 8. The Bertz CT molecular complexity index is 1000. The zero-order valence-electron chi connectivity index (χ0n) is 17.3. The lowest BCUT2D eigenvalue weighted by atomic mass is 9.88. The summed E-state index contributed by atoms with van der Waals surface area (Å²) in [6.07, 6.45) is 6.60. The molecule has 0 saturated heterocycles. The minimum Gasteiger partial charge on any atom is -0.489 e. The van der Waals surface area contributed by atoms with Crippen LogP contribution in [0.15, 0.2) is 66.7 Å². The maximum Gasteiger partial charge on any atom is 0.303 e. The van der Waals surface area contributed by atoms with E-state index in [0.717, 1.165) is 17.7 Å². The van der Waals surface area contributed by atoms with E-state index < -0.39 is 5.97 Å². The van der Waals surface area contributed by atoms with Crippen LogP contribution in [0.3, 0.4) is 0 Å². The van der Waals surface area contributed by atoms with Gasteiger partial charge in [-0.15, -0.1) is 0 Å². The van der Waals surface area contributed by atoms with Crippen molar-refractivity contribution in [2.24, 2.45) is 0 Å². The van der Waals surface area contributed by atoms with Crippen LogP contribution in [-0.2, 0) is 30.7 Å². The van der Waals surface area contributed by atoms with E-state index in [1.54, 1.807) is 0 Å². The first kappa shape index (κ1) is 20.2. The molecule has 0 radical (unpaired) electrons. The standard InChI is InChI=1S/C27H28O3/c28-27(29)11-5-6-20-12-16-25(17-13-20)30-19-24-9-3-4-10-26(24)23-15-14-21-7-1-2-8-22(21)18-23/h3-4,9-10,12-18H,1-2,5-8,11,19H2,(H,28,29). The summed E-state index contributed by atoms with van der Waals surface area (Å²) in [4.78, 5) is 10.6. The van der Waals surface area contributed by atoms with Crippen molar-refractivity contribution in [3.8, 4) is 16.9 Å². The number of carboxylic acids is 1. The predicted octanol–water partition coefficient (Wildman–Crippen LogP) is 6.22. The number of ether oxygens (including phenoxy) is 1. The van der Waals surface area contributed by atoms with Gasteiger partial charge in [0.05, 0.1) is 0 Å². The van der Waals surface area contributed by atoms with Crippen LogP contribution < -0.4 is 4.74 Å². The third kappa shape index (κ3) is 5.10. The Hall–Kier alpha value is -3.07. The largest absolute Gasteiger partial charge is 0.489 e. The van der Waals surface area contributed by atoms with Gasteiger partial charge in [-0.2, -0.15) is 0 Å². The van der Waals surface area contributed by atoms with Gasteiger partial charge in [0, 0.05) is 6.42 Å². The molecule has 1 aliphatic carbocycles. The second-order valence-electron chi connectivity index (χ2n) is 8.03. The highest BCUT2D eigenvalue weighted by Crippen LogP contribution is 2.30. The number of aryl methyl sites for hydroxylation is 3. The second-order valence-corrected chi connectivity index (χ2v) is 8.03. The van der Waals surface area contributed by atoms with Crippen LogP contribution in [0.5, 0.6) is 5.75 Å². The van der Waals surface area contributed by atoms with Crippen LogP contribution in [0.1, 0.15) is 47.9 Å². The highest BCUT2D eigenvalue weighted by Gasteiger charge is 2.12. The molecule has 4 rings (SSSR count). The zero-order valence-corrected chi connectivity index (χ0v) is 17.3. The summed E-state index contributed by atoms with van der Waals surface area (Å²) in [5.41, 5.74) is 7.81. The summed E-state index contributed by atoms with van der Waals surface area (Å²) in [5.74, 6) is 0.0878. The monoisotopic (exact) mass is 400 g/mol. The minimum atomic E-state index is -0.743. The Morgan fingerprint density at radius 2 is 1.67 bits per heavy atom. The smallest absolute Gasteiger partial charge is 0.303 e. The molecule has 154 valence electrons. The topological polar surface area (TPSA) is 46.5 Å². The molecule has 0 aliphatic heterocycles. The number of carboxylic acid groups (broad SMARTS) is 1. The minimum absolute atomic E-state index is 0.206.